The van der Waals surface area contributed by atoms with Gasteiger partial charge < -0.3 is 10.5 Å². The molecular formula is C20H17F5N2OS. The van der Waals surface area contributed by atoms with E-state index in [0.717, 1.165) is 5.56 Å². The monoisotopic (exact) mass is 428 g/mol. The fourth-order valence-electron chi connectivity index (χ4n) is 3.14. The SMILES string of the molecule is COc1ccc(C(CCCc2c(F)c(F)c(F)c(F)c2F)c2csc(N)n2)cc1. The number of nitrogen functional groups attached to an aromatic ring is 1. The molecule has 1 atom stereocenters. The van der Waals surface area contributed by atoms with Gasteiger partial charge in [0.1, 0.15) is 5.75 Å². The maximum Gasteiger partial charge on any atom is 0.200 e. The standard InChI is InChI=1S/C20H17F5N2OS/c1-28-11-7-5-10(6-8-11)12(14-9-29-20(26)27-14)3-2-4-13-15(21)17(23)19(25)18(24)16(13)22/h5-9,12H,2-4H2,1H3,(H2,26,27). The van der Waals surface area contributed by atoms with Gasteiger partial charge in [-0.15, -0.1) is 11.3 Å². The first-order valence-electron chi connectivity index (χ1n) is 8.68. The second kappa shape index (κ2) is 8.77. The van der Waals surface area contributed by atoms with Crippen molar-refractivity contribution in [1.82, 2.24) is 4.98 Å². The molecule has 0 aliphatic carbocycles. The van der Waals surface area contributed by atoms with Crippen LogP contribution in [0.4, 0.5) is 27.1 Å². The van der Waals surface area contributed by atoms with Crippen LogP contribution >= 0.6 is 11.3 Å². The Morgan fingerprint density at radius 3 is 2.07 bits per heavy atom. The number of rotatable bonds is 7. The first-order chi connectivity index (χ1) is 13.8. The number of benzene rings is 2. The Balaban J connectivity index is 1.83. The number of nitrogens with two attached hydrogens (primary N) is 1. The van der Waals surface area contributed by atoms with Gasteiger partial charge in [-0.05, 0) is 37.0 Å². The number of halogens is 5. The van der Waals surface area contributed by atoms with Crippen LogP contribution in [0.15, 0.2) is 29.6 Å². The Hall–Kier alpha value is -2.68. The van der Waals surface area contributed by atoms with Crippen LogP contribution in [-0.2, 0) is 6.42 Å². The molecular weight excluding hydrogens is 411 g/mol. The van der Waals surface area contributed by atoms with Crippen LogP contribution in [0.2, 0.25) is 0 Å². The molecule has 29 heavy (non-hydrogen) atoms. The van der Waals surface area contributed by atoms with Crippen LogP contribution in [0, 0.1) is 29.1 Å². The van der Waals surface area contributed by atoms with Crippen molar-refractivity contribution in [3.63, 3.8) is 0 Å². The maximum atomic E-state index is 13.9. The summed E-state index contributed by atoms with van der Waals surface area (Å²) in [5.74, 6) is -9.20. The third-order valence-electron chi connectivity index (χ3n) is 4.64. The fourth-order valence-corrected chi connectivity index (χ4v) is 3.75. The van der Waals surface area contributed by atoms with E-state index in [0.29, 0.717) is 23.0 Å². The molecule has 0 amide bonds. The number of ether oxygens (including phenoxy) is 1. The number of hydrogen-bond donors (Lipinski definition) is 1. The van der Waals surface area contributed by atoms with Gasteiger partial charge in [-0.25, -0.2) is 26.9 Å². The molecule has 3 aromatic rings. The Bertz CT molecular complexity index is 978. The zero-order valence-electron chi connectivity index (χ0n) is 15.3. The highest BCUT2D eigenvalue weighted by atomic mass is 32.1. The van der Waals surface area contributed by atoms with Gasteiger partial charge in [0.15, 0.2) is 28.4 Å². The smallest absolute Gasteiger partial charge is 0.200 e. The number of aromatic nitrogens is 1. The molecule has 1 unspecified atom stereocenters. The zero-order chi connectivity index (χ0) is 21.1. The zero-order valence-corrected chi connectivity index (χ0v) is 16.1. The first kappa shape index (κ1) is 21.0. The number of hydrogen-bond acceptors (Lipinski definition) is 4. The van der Waals surface area contributed by atoms with E-state index < -0.39 is 34.6 Å². The molecule has 0 bridgehead atoms. The van der Waals surface area contributed by atoms with E-state index in [9.17, 15) is 22.0 Å². The summed E-state index contributed by atoms with van der Waals surface area (Å²) in [5.41, 5.74) is 6.45. The lowest BCUT2D eigenvalue weighted by atomic mass is 9.90. The third kappa shape index (κ3) is 4.34. The highest BCUT2D eigenvalue weighted by molar-refractivity contribution is 7.13. The van der Waals surface area contributed by atoms with Gasteiger partial charge in [0.05, 0.1) is 12.8 Å². The molecule has 0 aliphatic rings. The van der Waals surface area contributed by atoms with E-state index in [-0.39, 0.29) is 18.8 Å². The molecule has 154 valence electrons. The molecule has 0 aliphatic heterocycles. The summed E-state index contributed by atoms with van der Waals surface area (Å²) in [7, 11) is 1.54. The van der Waals surface area contributed by atoms with Crippen molar-refractivity contribution >= 4 is 16.5 Å². The predicted molar refractivity (Wildman–Crippen MR) is 101 cm³/mol. The number of methoxy groups -OCH3 is 1. The van der Waals surface area contributed by atoms with E-state index in [1.165, 1.54) is 18.4 Å². The third-order valence-corrected chi connectivity index (χ3v) is 5.33. The van der Waals surface area contributed by atoms with Crippen LogP contribution < -0.4 is 10.5 Å². The van der Waals surface area contributed by atoms with Gasteiger partial charge in [-0.3, -0.25) is 0 Å². The molecule has 0 saturated heterocycles. The summed E-state index contributed by atoms with van der Waals surface area (Å²) >= 11 is 1.26. The predicted octanol–water partition coefficient (Wildman–Crippen LogP) is 5.58. The number of nitrogens with zero attached hydrogens (tertiary/aromatic N) is 1. The van der Waals surface area contributed by atoms with Crippen molar-refractivity contribution < 1.29 is 26.7 Å². The van der Waals surface area contributed by atoms with Crippen molar-refractivity contribution in [3.8, 4) is 5.75 Å². The van der Waals surface area contributed by atoms with Gasteiger partial charge in [-0.2, -0.15) is 0 Å². The van der Waals surface area contributed by atoms with E-state index in [1.54, 1.807) is 17.5 Å². The second-order valence-electron chi connectivity index (χ2n) is 6.38. The highest BCUT2D eigenvalue weighted by Gasteiger charge is 2.26. The normalized spacial score (nSPS) is 12.2. The van der Waals surface area contributed by atoms with Gasteiger partial charge in [-0.1, -0.05) is 12.1 Å². The lowest BCUT2D eigenvalue weighted by Crippen LogP contribution is -2.08. The van der Waals surface area contributed by atoms with Crippen molar-refractivity contribution in [2.75, 3.05) is 12.8 Å². The van der Waals surface area contributed by atoms with Gasteiger partial charge >= 0.3 is 0 Å². The van der Waals surface area contributed by atoms with Crippen LogP contribution in [-0.4, -0.2) is 12.1 Å². The van der Waals surface area contributed by atoms with Crippen LogP contribution in [0.3, 0.4) is 0 Å². The lowest BCUT2D eigenvalue weighted by Gasteiger charge is -2.16. The van der Waals surface area contributed by atoms with Gasteiger partial charge in [0, 0.05) is 16.9 Å². The molecule has 9 heteroatoms. The van der Waals surface area contributed by atoms with Crippen molar-refractivity contribution in [2.24, 2.45) is 0 Å². The largest absolute Gasteiger partial charge is 0.497 e. The minimum absolute atomic E-state index is 0.173. The van der Waals surface area contributed by atoms with Crippen LogP contribution in [0.25, 0.3) is 0 Å². The highest BCUT2D eigenvalue weighted by Crippen LogP contribution is 2.33. The first-order valence-corrected chi connectivity index (χ1v) is 9.56. The van der Waals surface area contributed by atoms with E-state index in [1.807, 2.05) is 12.1 Å². The molecule has 0 spiro atoms. The topological polar surface area (TPSA) is 48.1 Å². The number of anilines is 1. The van der Waals surface area contributed by atoms with E-state index in [4.69, 9.17) is 10.5 Å². The van der Waals surface area contributed by atoms with Crippen LogP contribution in [0.1, 0.15) is 35.6 Å². The fraction of sp³-hybridized carbons (Fsp3) is 0.250. The second-order valence-corrected chi connectivity index (χ2v) is 7.27. The molecule has 2 N–H and O–H groups in total. The Labute approximate surface area is 168 Å². The quantitative estimate of drug-likeness (QED) is 0.303. The molecule has 1 aromatic heterocycles. The average Bonchev–Trinajstić information content (AvgIpc) is 3.16. The molecule has 0 saturated carbocycles. The summed E-state index contributed by atoms with van der Waals surface area (Å²) in [6.45, 7) is 0. The van der Waals surface area contributed by atoms with Crippen molar-refractivity contribution in [2.45, 2.75) is 25.2 Å². The minimum atomic E-state index is -2.15. The molecule has 0 radical (unpaired) electrons. The molecule has 1 heterocycles. The summed E-state index contributed by atoms with van der Waals surface area (Å²) in [6, 6.07) is 7.19. The molecule has 3 nitrogen and oxygen atoms in total. The molecule has 0 fully saturated rings. The van der Waals surface area contributed by atoms with Crippen molar-refractivity contribution in [3.05, 3.63) is 75.6 Å². The van der Waals surface area contributed by atoms with Gasteiger partial charge in [0.2, 0.25) is 5.82 Å². The molecule has 3 rings (SSSR count). The summed E-state index contributed by atoms with van der Waals surface area (Å²) < 4.78 is 72.9. The summed E-state index contributed by atoms with van der Waals surface area (Å²) in [4.78, 5) is 4.28. The maximum absolute atomic E-state index is 13.9. The Morgan fingerprint density at radius 2 is 1.55 bits per heavy atom. The van der Waals surface area contributed by atoms with Gasteiger partial charge in [0.25, 0.3) is 0 Å². The van der Waals surface area contributed by atoms with Crippen molar-refractivity contribution in [1.29, 1.82) is 0 Å². The lowest BCUT2D eigenvalue weighted by molar-refractivity contribution is 0.368. The average molecular weight is 428 g/mol. The number of thiazole rings is 1. The Kier molecular flexibility index (Phi) is 6.36. The minimum Gasteiger partial charge on any atom is -0.497 e. The Morgan fingerprint density at radius 1 is 0.966 bits per heavy atom. The summed E-state index contributed by atoms with van der Waals surface area (Å²) in [6.07, 6.45) is 0.236. The van der Waals surface area contributed by atoms with E-state index >= 15 is 0 Å². The van der Waals surface area contributed by atoms with Crippen LogP contribution in [0.5, 0.6) is 5.75 Å². The van der Waals surface area contributed by atoms with E-state index in [2.05, 4.69) is 4.98 Å². The summed E-state index contributed by atoms with van der Waals surface area (Å²) in [5, 5.41) is 2.15. The molecule has 2 aromatic carbocycles.